The van der Waals surface area contributed by atoms with Crippen LogP contribution in [0, 0.1) is 5.92 Å². The number of hydrogen-bond acceptors (Lipinski definition) is 7. The average Bonchev–Trinajstić information content (AvgIpc) is 3.66. The molecular formula is C24H33F2N5O2. The van der Waals surface area contributed by atoms with Crippen LogP contribution in [0.5, 0.6) is 5.75 Å². The molecule has 7 nitrogen and oxygen atoms in total. The number of rotatable bonds is 9. The van der Waals surface area contributed by atoms with Crippen molar-refractivity contribution in [1.82, 2.24) is 19.9 Å². The van der Waals surface area contributed by atoms with Gasteiger partial charge >= 0.3 is 6.61 Å². The van der Waals surface area contributed by atoms with Crippen molar-refractivity contribution in [2.75, 3.05) is 39.1 Å². The highest BCUT2D eigenvalue weighted by Crippen LogP contribution is 2.41. The van der Waals surface area contributed by atoms with Gasteiger partial charge in [-0.1, -0.05) is 13.3 Å². The number of alkyl halides is 2. The first-order valence-corrected chi connectivity index (χ1v) is 11.8. The Balaban J connectivity index is 1.64. The number of aromatic nitrogens is 3. The third kappa shape index (κ3) is 6.14. The molecule has 2 fully saturated rings. The second kappa shape index (κ2) is 10.7. The zero-order chi connectivity index (χ0) is 23.4. The van der Waals surface area contributed by atoms with Crippen LogP contribution >= 0.6 is 0 Å². The predicted octanol–water partition coefficient (Wildman–Crippen LogP) is 4.45. The van der Waals surface area contributed by atoms with Gasteiger partial charge in [-0.05, 0) is 50.3 Å². The molecule has 0 radical (unpaired) electrons. The van der Waals surface area contributed by atoms with Gasteiger partial charge in [0, 0.05) is 49.5 Å². The molecule has 2 atom stereocenters. The van der Waals surface area contributed by atoms with Crippen LogP contribution in [-0.2, 0) is 4.74 Å². The minimum atomic E-state index is -2.97. The summed E-state index contributed by atoms with van der Waals surface area (Å²) in [6.45, 7) is 3.01. The van der Waals surface area contributed by atoms with Gasteiger partial charge in [0.1, 0.15) is 5.82 Å². The average molecular weight is 462 g/mol. The maximum Gasteiger partial charge on any atom is 0.387 e. The number of nitrogens with zero attached hydrogens (tertiary/aromatic N) is 4. The van der Waals surface area contributed by atoms with E-state index in [0.29, 0.717) is 29.0 Å². The zero-order valence-corrected chi connectivity index (χ0v) is 19.3. The van der Waals surface area contributed by atoms with Crippen LogP contribution in [0.4, 0.5) is 14.6 Å². The number of likely N-dealkylation sites (tertiary alicyclic amines) is 1. The standard InChI is InChI=1S/C24H33F2N5O2/c1-3-15-10-17(6-7-31(14-15)8-9-32-2)19-12-20(30-23(29-19)16-4-5-16)18-11-21(33-24(25)26)22(27)28-13-18/h11-13,15-17,24H,3-10,14H2,1-2H3,(H2,27,28). The van der Waals surface area contributed by atoms with Gasteiger partial charge < -0.3 is 20.1 Å². The van der Waals surface area contributed by atoms with E-state index in [1.54, 1.807) is 13.3 Å². The van der Waals surface area contributed by atoms with E-state index in [9.17, 15) is 8.78 Å². The van der Waals surface area contributed by atoms with Gasteiger partial charge in [0.2, 0.25) is 0 Å². The minimum absolute atomic E-state index is 0.0681. The van der Waals surface area contributed by atoms with Crippen molar-refractivity contribution in [2.45, 2.75) is 57.5 Å². The fourth-order valence-electron chi connectivity index (χ4n) is 4.53. The van der Waals surface area contributed by atoms with E-state index in [1.807, 2.05) is 6.07 Å². The van der Waals surface area contributed by atoms with E-state index in [-0.39, 0.29) is 11.6 Å². The molecule has 180 valence electrons. The normalized spacial score (nSPS) is 21.8. The number of nitrogen functional groups attached to an aromatic ring is 1. The van der Waals surface area contributed by atoms with E-state index < -0.39 is 6.61 Å². The molecule has 1 saturated carbocycles. The summed E-state index contributed by atoms with van der Waals surface area (Å²) in [7, 11) is 1.74. The Morgan fingerprint density at radius 1 is 1.18 bits per heavy atom. The molecule has 3 heterocycles. The largest absolute Gasteiger partial charge is 0.431 e. The lowest BCUT2D eigenvalue weighted by molar-refractivity contribution is -0.0494. The lowest BCUT2D eigenvalue weighted by atomic mass is 9.89. The van der Waals surface area contributed by atoms with Crippen LogP contribution in [0.3, 0.4) is 0 Å². The molecule has 33 heavy (non-hydrogen) atoms. The molecule has 2 aliphatic rings. The number of pyridine rings is 1. The van der Waals surface area contributed by atoms with Crippen molar-refractivity contribution in [1.29, 1.82) is 0 Å². The van der Waals surface area contributed by atoms with Gasteiger partial charge in [-0.25, -0.2) is 15.0 Å². The molecular weight excluding hydrogens is 428 g/mol. The number of hydrogen-bond donors (Lipinski definition) is 1. The third-order valence-corrected chi connectivity index (χ3v) is 6.63. The molecule has 4 rings (SSSR count). The van der Waals surface area contributed by atoms with Gasteiger partial charge in [-0.3, -0.25) is 0 Å². The second-order valence-corrected chi connectivity index (χ2v) is 9.09. The minimum Gasteiger partial charge on any atom is -0.431 e. The van der Waals surface area contributed by atoms with Crippen LogP contribution in [0.15, 0.2) is 18.3 Å². The first-order chi connectivity index (χ1) is 16.0. The number of methoxy groups -OCH3 is 1. The lowest BCUT2D eigenvalue weighted by Crippen LogP contribution is -2.31. The smallest absolute Gasteiger partial charge is 0.387 e. The fourth-order valence-corrected chi connectivity index (χ4v) is 4.53. The highest BCUT2D eigenvalue weighted by molar-refractivity contribution is 5.64. The van der Waals surface area contributed by atoms with Crippen LogP contribution in [0.1, 0.15) is 62.4 Å². The van der Waals surface area contributed by atoms with Crippen molar-refractivity contribution >= 4 is 5.82 Å². The first-order valence-electron chi connectivity index (χ1n) is 11.8. The second-order valence-electron chi connectivity index (χ2n) is 9.09. The predicted molar refractivity (Wildman–Crippen MR) is 122 cm³/mol. The molecule has 2 unspecified atom stereocenters. The van der Waals surface area contributed by atoms with Crippen molar-refractivity contribution in [3.05, 3.63) is 29.8 Å². The van der Waals surface area contributed by atoms with E-state index in [2.05, 4.69) is 21.5 Å². The van der Waals surface area contributed by atoms with Gasteiger partial charge in [0.15, 0.2) is 11.6 Å². The van der Waals surface area contributed by atoms with Gasteiger partial charge in [0.05, 0.1) is 12.3 Å². The zero-order valence-electron chi connectivity index (χ0n) is 19.3. The molecule has 2 aromatic rings. The SMILES string of the molecule is CCC1CC(c2cc(-c3cnc(N)c(OC(F)F)c3)nc(C3CC3)n2)CCN(CCOC)C1. The third-order valence-electron chi connectivity index (χ3n) is 6.63. The summed E-state index contributed by atoms with van der Waals surface area (Å²) in [5.74, 6) is 1.91. The molecule has 2 N–H and O–H groups in total. The number of ether oxygens (including phenoxy) is 2. The van der Waals surface area contributed by atoms with Crippen LogP contribution in [-0.4, -0.2) is 59.8 Å². The Morgan fingerprint density at radius 2 is 2.00 bits per heavy atom. The van der Waals surface area contributed by atoms with Gasteiger partial charge in [-0.2, -0.15) is 8.78 Å². The topological polar surface area (TPSA) is 86.4 Å². The van der Waals surface area contributed by atoms with Crippen molar-refractivity contribution in [2.24, 2.45) is 5.92 Å². The first kappa shape index (κ1) is 23.8. The maximum absolute atomic E-state index is 12.8. The Hall–Kier alpha value is -2.39. The lowest BCUT2D eigenvalue weighted by Gasteiger charge is -2.23. The van der Waals surface area contributed by atoms with Gasteiger partial charge in [0.25, 0.3) is 0 Å². The number of halogens is 2. The molecule has 9 heteroatoms. The molecule has 1 aliphatic carbocycles. The molecule has 0 amide bonds. The quantitative estimate of drug-likeness (QED) is 0.590. The maximum atomic E-state index is 12.8. The molecule has 0 spiro atoms. The van der Waals surface area contributed by atoms with Crippen LogP contribution < -0.4 is 10.5 Å². The van der Waals surface area contributed by atoms with E-state index in [1.165, 1.54) is 6.07 Å². The summed E-state index contributed by atoms with van der Waals surface area (Å²) in [6, 6.07) is 3.49. The number of nitrogens with two attached hydrogens (primary N) is 1. The summed E-state index contributed by atoms with van der Waals surface area (Å²) in [4.78, 5) is 16.3. The van der Waals surface area contributed by atoms with Crippen LogP contribution in [0.2, 0.25) is 0 Å². The Bertz CT molecular complexity index is 941. The van der Waals surface area contributed by atoms with Gasteiger partial charge in [-0.15, -0.1) is 0 Å². The number of anilines is 1. The molecule has 2 aromatic heterocycles. The fraction of sp³-hybridized carbons (Fsp3) is 0.625. The summed E-state index contributed by atoms with van der Waals surface area (Å²) in [6.07, 6.45) is 6.92. The summed E-state index contributed by atoms with van der Waals surface area (Å²) < 4.78 is 35.4. The van der Waals surface area contributed by atoms with E-state index >= 15 is 0 Å². The molecule has 1 aliphatic heterocycles. The van der Waals surface area contributed by atoms with E-state index in [0.717, 1.165) is 69.9 Å². The molecule has 0 bridgehead atoms. The van der Waals surface area contributed by atoms with Crippen molar-refractivity contribution in [3.63, 3.8) is 0 Å². The molecule has 0 aromatic carbocycles. The van der Waals surface area contributed by atoms with E-state index in [4.69, 9.17) is 20.4 Å². The molecule has 1 saturated heterocycles. The highest BCUT2D eigenvalue weighted by Gasteiger charge is 2.30. The highest BCUT2D eigenvalue weighted by atomic mass is 19.3. The van der Waals surface area contributed by atoms with Crippen molar-refractivity contribution in [3.8, 4) is 17.0 Å². The Kier molecular flexibility index (Phi) is 7.70. The Labute approximate surface area is 193 Å². The summed E-state index contributed by atoms with van der Waals surface area (Å²) in [5, 5.41) is 0. The monoisotopic (exact) mass is 461 g/mol. The summed E-state index contributed by atoms with van der Waals surface area (Å²) >= 11 is 0. The van der Waals surface area contributed by atoms with Crippen molar-refractivity contribution < 1.29 is 18.3 Å². The van der Waals surface area contributed by atoms with Crippen LogP contribution in [0.25, 0.3) is 11.3 Å². The Morgan fingerprint density at radius 3 is 2.70 bits per heavy atom. The summed E-state index contributed by atoms with van der Waals surface area (Å²) in [5.41, 5.74) is 8.05.